The number of ether oxygens (including phenoxy) is 1. The lowest BCUT2D eigenvalue weighted by atomic mass is 10.0. The molecular formula is C15H21N3O. The third kappa shape index (κ3) is 2.49. The van der Waals surface area contributed by atoms with Gasteiger partial charge in [0, 0.05) is 19.2 Å². The number of hydrogen-bond acceptors (Lipinski definition) is 3. The molecule has 0 aliphatic heterocycles. The highest BCUT2D eigenvalue weighted by atomic mass is 16.5. The van der Waals surface area contributed by atoms with Crippen LogP contribution in [-0.4, -0.2) is 23.7 Å². The molecule has 0 aliphatic carbocycles. The van der Waals surface area contributed by atoms with Crippen molar-refractivity contribution in [2.75, 3.05) is 14.2 Å². The Labute approximate surface area is 114 Å². The second-order valence-corrected chi connectivity index (χ2v) is 4.82. The van der Waals surface area contributed by atoms with E-state index in [1.807, 2.05) is 25.0 Å². The van der Waals surface area contributed by atoms with Gasteiger partial charge in [-0.1, -0.05) is 0 Å². The number of hydrogen-bond donors (Lipinski definition) is 1. The molecule has 0 saturated carbocycles. The van der Waals surface area contributed by atoms with E-state index in [-0.39, 0.29) is 0 Å². The first kappa shape index (κ1) is 13.6. The fraction of sp³-hybridized carbons (Fsp3) is 0.400. The topological polar surface area (TPSA) is 39.1 Å². The Hall–Kier alpha value is -1.81. The molecule has 0 radical (unpaired) electrons. The van der Waals surface area contributed by atoms with Crippen LogP contribution < -0.4 is 10.1 Å². The molecule has 1 aromatic carbocycles. The van der Waals surface area contributed by atoms with E-state index < -0.39 is 0 Å². The standard InChI is InChI=1S/C15H21N3O/c1-10-6-12(14(19-5)7-11(10)2)15-13(8-16-3)17-9-18(15)4/h6-7,9,16H,8H2,1-5H3. The van der Waals surface area contributed by atoms with E-state index in [1.54, 1.807) is 7.11 Å². The maximum atomic E-state index is 5.53. The normalized spacial score (nSPS) is 10.8. The monoisotopic (exact) mass is 259 g/mol. The van der Waals surface area contributed by atoms with E-state index in [9.17, 15) is 0 Å². The number of imidazole rings is 1. The van der Waals surface area contributed by atoms with Gasteiger partial charge in [-0.3, -0.25) is 0 Å². The summed E-state index contributed by atoms with van der Waals surface area (Å²) in [5.41, 5.74) is 5.72. The molecule has 4 nitrogen and oxygen atoms in total. The van der Waals surface area contributed by atoms with Gasteiger partial charge in [-0.15, -0.1) is 0 Å². The molecule has 0 unspecified atom stereocenters. The van der Waals surface area contributed by atoms with Gasteiger partial charge in [0.2, 0.25) is 0 Å². The number of rotatable bonds is 4. The van der Waals surface area contributed by atoms with Crippen molar-refractivity contribution in [3.63, 3.8) is 0 Å². The SMILES string of the molecule is CNCc1ncn(C)c1-c1cc(C)c(C)cc1OC. The lowest BCUT2D eigenvalue weighted by molar-refractivity contribution is 0.415. The number of methoxy groups -OCH3 is 1. The van der Waals surface area contributed by atoms with Crippen molar-refractivity contribution in [3.8, 4) is 17.0 Å². The van der Waals surface area contributed by atoms with Gasteiger partial charge in [0.05, 0.1) is 24.8 Å². The van der Waals surface area contributed by atoms with E-state index >= 15 is 0 Å². The summed E-state index contributed by atoms with van der Waals surface area (Å²) in [6.45, 7) is 4.96. The smallest absolute Gasteiger partial charge is 0.128 e. The van der Waals surface area contributed by atoms with Gasteiger partial charge in [-0.05, 0) is 44.2 Å². The molecule has 2 aromatic rings. The first-order valence-electron chi connectivity index (χ1n) is 6.39. The zero-order valence-electron chi connectivity index (χ0n) is 12.2. The average Bonchev–Trinajstić information content (AvgIpc) is 2.74. The maximum Gasteiger partial charge on any atom is 0.128 e. The van der Waals surface area contributed by atoms with E-state index in [4.69, 9.17) is 4.74 Å². The van der Waals surface area contributed by atoms with Crippen LogP contribution in [0, 0.1) is 13.8 Å². The molecule has 102 valence electrons. The number of aromatic nitrogens is 2. The Morgan fingerprint density at radius 3 is 2.58 bits per heavy atom. The molecule has 0 aliphatic rings. The molecule has 19 heavy (non-hydrogen) atoms. The summed E-state index contributed by atoms with van der Waals surface area (Å²) in [6, 6.07) is 4.26. The van der Waals surface area contributed by atoms with Crippen LogP contribution in [0.25, 0.3) is 11.3 Å². The van der Waals surface area contributed by atoms with Gasteiger partial charge >= 0.3 is 0 Å². The van der Waals surface area contributed by atoms with Crippen molar-refractivity contribution in [2.45, 2.75) is 20.4 Å². The van der Waals surface area contributed by atoms with E-state index in [1.165, 1.54) is 11.1 Å². The van der Waals surface area contributed by atoms with Crippen molar-refractivity contribution >= 4 is 0 Å². The maximum absolute atomic E-state index is 5.53. The molecule has 1 heterocycles. The van der Waals surface area contributed by atoms with Crippen molar-refractivity contribution in [1.82, 2.24) is 14.9 Å². The molecule has 4 heteroatoms. The van der Waals surface area contributed by atoms with E-state index in [2.05, 4.69) is 36.3 Å². The molecule has 0 atom stereocenters. The van der Waals surface area contributed by atoms with Crippen LogP contribution in [0.5, 0.6) is 5.75 Å². The highest BCUT2D eigenvalue weighted by Crippen LogP contribution is 2.34. The minimum absolute atomic E-state index is 0.742. The Morgan fingerprint density at radius 2 is 1.95 bits per heavy atom. The predicted octanol–water partition coefficient (Wildman–Crippen LogP) is 2.43. The van der Waals surface area contributed by atoms with Crippen LogP contribution >= 0.6 is 0 Å². The lowest BCUT2D eigenvalue weighted by Crippen LogP contribution is -2.07. The summed E-state index contributed by atoms with van der Waals surface area (Å²) in [5, 5.41) is 3.15. The lowest BCUT2D eigenvalue weighted by Gasteiger charge is -2.14. The molecule has 1 N–H and O–H groups in total. The first-order valence-corrected chi connectivity index (χ1v) is 6.39. The van der Waals surface area contributed by atoms with Gasteiger partial charge < -0.3 is 14.6 Å². The van der Waals surface area contributed by atoms with Crippen LogP contribution in [0.2, 0.25) is 0 Å². The zero-order valence-corrected chi connectivity index (χ0v) is 12.2. The largest absolute Gasteiger partial charge is 0.496 e. The second kappa shape index (κ2) is 5.45. The average molecular weight is 259 g/mol. The van der Waals surface area contributed by atoms with Gasteiger partial charge in [0.15, 0.2) is 0 Å². The number of aryl methyl sites for hydroxylation is 3. The Balaban J connectivity index is 2.64. The van der Waals surface area contributed by atoms with Gasteiger partial charge in [-0.2, -0.15) is 0 Å². The fourth-order valence-electron chi connectivity index (χ4n) is 2.26. The quantitative estimate of drug-likeness (QED) is 0.916. The number of nitrogens with zero attached hydrogens (tertiary/aromatic N) is 2. The molecule has 0 bridgehead atoms. The van der Waals surface area contributed by atoms with Crippen LogP contribution in [0.1, 0.15) is 16.8 Å². The minimum atomic E-state index is 0.742. The summed E-state index contributed by atoms with van der Waals surface area (Å²) in [7, 11) is 5.65. The highest BCUT2D eigenvalue weighted by molar-refractivity contribution is 5.71. The van der Waals surface area contributed by atoms with E-state index in [0.717, 1.165) is 29.2 Å². The fourth-order valence-corrected chi connectivity index (χ4v) is 2.26. The van der Waals surface area contributed by atoms with Gasteiger partial charge in [-0.25, -0.2) is 4.98 Å². The van der Waals surface area contributed by atoms with Gasteiger partial charge in [0.25, 0.3) is 0 Å². The third-order valence-electron chi connectivity index (χ3n) is 3.43. The summed E-state index contributed by atoms with van der Waals surface area (Å²) in [6.07, 6.45) is 1.84. The highest BCUT2D eigenvalue weighted by Gasteiger charge is 2.16. The van der Waals surface area contributed by atoms with Crippen LogP contribution in [0.3, 0.4) is 0 Å². The minimum Gasteiger partial charge on any atom is -0.496 e. The molecule has 0 spiro atoms. The zero-order chi connectivity index (χ0) is 14.0. The predicted molar refractivity (Wildman–Crippen MR) is 77.4 cm³/mol. The molecular weight excluding hydrogens is 238 g/mol. The molecule has 0 amide bonds. The third-order valence-corrected chi connectivity index (χ3v) is 3.43. The molecule has 1 aromatic heterocycles. The van der Waals surface area contributed by atoms with Crippen molar-refractivity contribution in [3.05, 3.63) is 35.3 Å². The summed E-state index contributed by atoms with van der Waals surface area (Å²) in [4.78, 5) is 4.45. The molecule has 2 rings (SSSR count). The van der Waals surface area contributed by atoms with E-state index in [0.29, 0.717) is 0 Å². The number of nitrogens with one attached hydrogen (secondary N) is 1. The van der Waals surface area contributed by atoms with Crippen LogP contribution in [0.4, 0.5) is 0 Å². The first-order chi connectivity index (χ1) is 9.08. The van der Waals surface area contributed by atoms with Gasteiger partial charge in [0.1, 0.15) is 5.75 Å². The van der Waals surface area contributed by atoms with Crippen molar-refractivity contribution < 1.29 is 4.74 Å². The Bertz CT molecular complexity index is 587. The molecule has 0 saturated heterocycles. The number of benzene rings is 1. The van der Waals surface area contributed by atoms with Crippen molar-refractivity contribution in [2.24, 2.45) is 7.05 Å². The van der Waals surface area contributed by atoms with Crippen molar-refractivity contribution in [1.29, 1.82) is 0 Å². The summed E-state index contributed by atoms with van der Waals surface area (Å²) < 4.78 is 7.57. The summed E-state index contributed by atoms with van der Waals surface area (Å²) in [5.74, 6) is 0.893. The molecule has 0 fully saturated rings. The Morgan fingerprint density at radius 1 is 1.26 bits per heavy atom. The Kier molecular flexibility index (Phi) is 3.90. The second-order valence-electron chi connectivity index (χ2n) is 4.82. The van der Waals surface area contributed by atoms with Crippen LogP contribution in [0.15, 0.2) is 18.5 Å². The summed E-state index contributed by atoms with van der Waals surface area (Å²) >= 11 is 0. The van der Waals surface area contributed by atoms with Crippen LogP contribution in [-0.2, 0) is 13.6 Å².